The quantitative estimate of drug-likeness (QED) is 0.902. The predicted octanol–water partition coefficient (Wildman–Crippen LogP) is 1.92. The van der Waals surface area contributed by atoms with Crippen molar-refractivity contribution in [1.29, 1.82) is 0 Å². The Hall–Kier alpha value is -1.55. The molecule has 0 saturated carbocycles. The van der Waals surface area contributed by atoms with E-state index in [4.69, 9.17) is 0 Å². The summed E-state index contributed by atoms with van der Waals surface area (Å²) in [5, 5.41) is 2.69. The van der Waals surface area contributed by atoms with Crippen molar-refractivity contribution in [1.82, 2.24) is 15.1 Å². The maximum atomic E-state index is 11.6. The highest BCUT2D eigenvalue weighted by Gasteiger charge is 2.24. The number of amides is 2. The lowest BCUT2D eigenvalue weighted by molar-refractivity contribution is 0.132. The molecule has 1 fully saturated rings. The third-order valence-corrected chi connectivity index (χ3v) is 3.89. The molecule has 0 atom stereocenters. The number of nitrogens with one attached hydrogen (secondary N) is 1. The van der Waals surface area contributed by atoms with Crippen molar-refractivity contribution in [2.75, 3.05) is 27.2 Å². The highest BCUT2D eigenvalue weighted by Crippen LogP contribution is 2.17. The lowest BCUT2D eigenvalue weighted by atomic mass is 10.0. The van der Waals surface area contributed by atoms with E-state index >= 15 is 0 Å². The fourth-order valence-corrected chi connectivity index (χ4v) is 2.65. The van der Waals surface area contributed by atoms with Crippen LogP contribution < -0.4 is 5.32 Å². The standard InChI is InChI=1S/C15H23N3O/c1-16-15(19)17(2)14-8-10-18(11-9-14)12-13-6-4-3-5-7-13/h3-7,14H,8-12H2,1-2H3,(H,16,19). The number of benzene rings is 1. The second-order valence-electron chi connectivity index (χ2n) is 5.16. The fourth-order valence-electron chi connectivity index (χ4n) is 2.65. The van der Waals surface area contributed by atoms with Gasteiger partial charge >= 0.3 is 6.03 Å². The molecule has 4 nitrogen and oxygen atoms in total. The van der Waals surface area contributed by atoms with Gasteiger partial charge in [-0.25, -0.2) is 4.79 Å². The Morgan fingerprint density at radius 3 is 2.53 bits per heavy atom. The fraction of sp³-hybridized carbons (Fsp3) is 0.533. The Morgan fingerprint density at radius 2 is 1.95 bits per heavy atom. The molecule has 1 saturated heterocycles. The smallest absolute Gasteiger partial charge is 0.317 e. The molecular formula is C15H23N3O. The summed E-state index contributed by atoms with van der Waals surface area (Å²) in [6.07, 6.45) is 2.10. The van der Waals surface area contributed by atoms with Gasteiger partial charge in [0.15, 0.2) is 0 Å². The van der Waals surface area contributed by atoms with Crippen LogP contribution in [-0.4, -0.2) is 49.1 Å². The molecule has 0 radical (unpaired) electrons. The third kappa shape index (κ3) is 3.70. The molecule has 1 aliphatic rings. The average Bonchev–Trinajstić information content (AvgIpc) is 2.47. The summed E-state index contributed by atoms with van der Waals surface area (Å²) in [6.45, 7) is 3.12. The number of nitrogens with zero attached hydrogens (tertiary/aromatic N) is 2. The molecule has 0 aliphatic carbocycles. The molecule has 104 valence electrons. The van der Waals surface area contributed by atoms with Gasteiger partial charge in [-0.1, -0.05) is 30.3 Å². The number of likely N-dealkylation sites (tertiary alicyclic amines) is 1. The minimum atomic E-state index is 0.0153. The zero-order valence-corrected chi connectivity index (χ0v) is 11.8. The molecule has 1 aliphatic heterocycles. The van der Waals surface area contributed by atoms with Crippen LogP contribution in [0.1, 0.15) is 18.4 Å². The first-order valence-corrected chi connectivity index (χ1v) is 6.91. The molecule has 0 aromatic heterocycles. The Labute approximate surface area is 115 Å². The minimum Gasteiger partial charge on any atom is -0.341 e. The van der Waals surface area contributed by atoms with Crippen molar-refractivity contribution in [2.45, 2.75) is 25.4 Å². The zero-order chi connectivity index (χ0) is 13.7. The van der Waals surface area contributed by atoms with Crippen LogP contribution in [0.5, 0.6) is 0 Å². The maximum absolute atomic E-state index is 11.6. The first kappa shape index (κ1) is 13.9. The molecule has 0 spiro atoms. The van der Waals surface area contributed by atoms with Gasteiger partial charge in [0.05, 0.1) is 0 Å². The molecule has 0 bridgehead atoms. The lowest BCUT2D eigenvalue weighted by Crippen LogP contribution is -2.47. The Balaban J connectivity index is 1.81. The van der Waals surface area contributed by atoms with Crippen LogP contribution in [0.15, 0.2) is 30.3 Å². The van der Waals surface area contributed by atoms with Crippen LogP contribution in [-0.2, 0) is 6.54 Å². The summed E-state index contributed by atoms with van der Waals surface area (Å²) in [7, 11) is 3.57. The van der Waals surface area contributed by atoms with Crippen molar-refractivity contribution >= 4 is 6.03 Å². The van der Waals surface area contributed by atoms with E-state index in [1.807, 2.05) is 18.0 Å². The highest BCUT2D eigenvalue weighted by atomic mass is 16.2. The van der Waals surface area contributed by atoms with Crippen LogP contribution in [0.4, 0.5) is 4.79 Å². The van der Waals surface area contributed by atoms with E-state index in [1.165, 1.54) is 5.56 Å². The van der Waals surface area contributed by atoms with Gasteiger partial charge in [-0.05, 0) is 18.4 Å². The van der Waals surface area contributed by atoms with Gasteiger partial charge in [0.2, 0.25) is 0 Å². The summed E-state index contributed by atoms with van der Waals surface area (Å²) in [5.74, 6) is 0. The number of carbonyl (C=O) groups is 1. The summed E-state index contributed by atoms with van der Waals surface area (Å²) in [5.41, 5.74) is 1.36. The van der Waals surface area contributed by atoms with E-state index in [2.05, 4.69) is 34.5 Å². The topological polar surface area (TPSA) is 35.6 Å². The van der Waals surface area contributed by atoms with E-state index < -0.39 is 0 Å². The summed E-state index contributed by atoms with van der Waals surface area (Å²) in [4.78, 5) is 15.9. The van der Waals surface area contributed by atoms with Gasteiger partial charge in [0.1, 0.15) is 0 Å². The van der Waals surface area contributed by atoms with Gasteiger partial charge in [-0.15, -0.1) is 0 Å². The first-order chi connectivity index (χ1) is 9.20. The number of hydrogen-bond acceptors (Lipinski definition) is 2. The normalized spacial score (nSPS) is 17.2. The van der Waals surface area contributed by atoms with Crippen molar-refractivity contribution in [3.05, 3.63) is 35.9 Å². The number of rotatable bonds is 3. The first-order valence-electron chi connectivity index (χ1n) is 6.91. The van der Waals surface area contributed by atoms with E-state index in [0.29, 0.717) is 6.04 Å². The highest BCUT2D eigenvalue weighted by molar-refractivity contribution is 5.73. The second-order valence-corrected chi connectivity index (χ2v) is 5.16. The lowest BCUT2D eigenvalue weighted by Gasteiger charge is -2.36. The summed E-state index contributed by atoms with van der Waals surface area (Å²) < 4.78 is 0. The molecule has 1 N–H and O–H groups in total. The van der Waals surface area contributed by atoms with E-state index in [-0.39, 0.29) is 6.03 Å². The average molecular weight is 261 g/mol. The van der Waals surface area contributed by atoms with E-state index in [1.54, 1.807) is 7.05 Å². The maximum Gasteiger partial charge on any atom is 0.317 e. The summed E-state index contributed by atoms with van der Waals surface area (Å²) in [6, 6.07) is 10.9. The number of hydrogen-bond donors (Lipinski definition) is 1. The zero-order valence-electron chi connectivity index (χ0n) is 11.8. The molecule has 2 amide bonds. The van der Waals surface area contributed by atoms with Crippen LogP contribution in [0, 0.1) is 0 Å². The molecular weight excluding hydrogens is 238 g/mol. The monoisotopic (exact) mass is 261 g/mol. The predicted molar refractivity (Wildman–Crippen MR) is 77.0 cm³/mol. The van der Waals surface area contributed by atoms with Gasteiger partial charge in [0.25, 0.3) is 0 Å². The Bertz CT molecular complexity index is 399. The number of urea groups is 1. The molecule has 0 unspecified atom stereocenters. The van der Waals surface area contributed by atoms with Crippen LogP contribution in [0.2, 0.25) is 0 Å². The van der Waals surface area contributed by atoms with E-state index in [0.717, 1.165) is 32.5 Å². The van der Waals surface area contributed by atoms with Crippen molar-refractivity contribution in [3.8, 4) is 0 Å². The van der Waals surface area contributed by atoms with Crippen molar-refractivity contribution in [3.63, 3.8) is 0 Å². The largest absolute Gasteiger partial charge is 0.341 e. The molecule has 1 heterocycles. The van der Waals surface area contributed by atoms with Gasteiger partial charge < -0.3 is 10.2 Å². The molecule has 19 heavy (non-hydrogen) atoms. The molecule has 2 rings (SSSR count). The minimum absolute atomic E-state index is 0.0153. The number of piperidine rings is 1. The second kappa shape index (κ2) is 6.57. The molecule has 1 aromatic carbocycles. The SMILES string of the molecule is CNC(=O)N(C)C1CCN(Cc2ccccc2)CC1. The van der Waals surface area contributed by atoms with Crippen LogP contribution >= 0.6 is 0 Å². The Kier molecular flexibility index (Phi) is 4.80. The third-order valence-electron chi connectivity index (χ3n) is 3.89. The van der Waals surface area contributed by atoms with Gasteiger partial charge in [-0.3, -0.25) is 4.90 Å². The van der Waals surface area contributed by atoms with Gasteiger partial charge in [0, 0.05) is 39.8 Å². The molecule has 4 heteroatoms. The van der Waals surface area contributed by atoms with Crippen molar-refractivity contribution < 1.29 is 4.79 Å². The summed E-state index contributed by atoms with van der Waals surface area (Å²) >= 11 is 0. The van der Waals surface area contributed by atoms with Gasteiger partial charge in [-0.2, -0.15) is 0 Å². The Morgan fingerprint density at radius 1 is 1.32 bits per heavy atom. The van der Waals surface area contributed by atoms with Crippen LogP contribution in [0.25, 0.3) is 0 Å². The van der Waals surface area contributed by atoms with Crippen LogP contribution in [0.3, 0.4) is 0 Å². The number of carbonyl (C=O) groups excluding carboxylic acids is 1. The van der Waals surface area contributed by atoms with E-state index in [9.17, 15) is 4.79 Å². The van der Waals surface area contributed by atoms with Crippen molar-refractivity contribution in [2.24, 2.45) is 0 Å². The molecule has 1 aromatic rings.